The summed E-state index contributed by atoms with van der Waals surface area (Å²) in [6.45, 7) is 0. The maximum atomic E-state index is 6.77. The maximum absolute atomic E-state index is 6.77. The molecule has 0 saturated carbocycles. The highest BCUT2D eigenvalue weighted by Crippen LogP contribution is 2.48. The van der Waals surface area contributed by atoms with E-state index in [1.807, 2.05) is 36.4 Å². The van der Waals surface area contributed by atoms with Crippen LogP contribution in [-0.2, 0) is 0 Å². The number of rotatable bonds is 8. The lowest BCUT2D eigenvalue weighted by molar-refractivity contribution is 0.667. The van der Waals surface area contributed by atoms with Crippen molar-refractivity contribution in [2.75, 3.05) is 0 Å². The van der Waals surface area contributed by atoms with Crippen LogP contribution >= 0.6 is 0 Å². The molecule has 0 unspecified atom stereocenters. The topological polar surface area (TPSA) is 43.9 Å². The van der Waals surface area contributed by atoms with Crippen LogP contribution in [0.3, 0.4) is 0 Å². The molecule has 0 aliphatic carbocycles. The third kappa shape index (κ3) is 6.69. The molecule has 4 nitrogen and oxygen atoms in total. The predicted octanol–water partition coefficient (Wildman–Crippen LogP) is 17.1. The van der Waals surface area contributed by atoms with E-state index in [-0.39, 0.29) is 0 Å². The molecule has 13 rings (SSSR count). The molecule has 0 fully saturated rings. The average Bonchev–Trinajstić information content (AvgIpc) is 3.97. The number of aromatic nitrogens is 3. The third-order valence-corrected chi connectivity index (χ3v) is 13.2. The molecular weight excluding hydrogens is 827 g/mol. The Morgan fingerprint density at radius 2 is 0.794 bits per heavy atom. The maximum Gasteiger partial charge on any atom is 0.180 e. The van der Waals surface area contributed by atoms with Crippen LogP contribution in [0.1, 0.15) is 0 Å². The quantitative estimate of drug-likeness (QED) is 0.153. The van der Waals surface area contributed by atoms with Gasteiger partial charge in [0.25, 0.3) is 0 Å². The Hall–Kier alpha value is -9.12. The van der Waals surface area contributed by atoms with Gasteiger partial charge in [-0.25, -0.2) is 9.97 Å². The zero-order valence-corrected chi connectivity index (χ0v) is 36.9. The molecule has 3 aromatic heterocycles. The monoisotopic (exact) mass is 867 g/mol. The molecule has 0 aliphatic rings. The molecule has 3 heterocycles. The summed E-state index contributed by atoms with van der Waals surface area (Å²) in [4.78, 5) is 10.6. The summed E-state index contributed by atoms with van der Waals surface area (Å²) < 4.78 is 9.31. The van der Waals surface area contributed by atoms with Crippen molar-refractivity contribution >= 4 is 43.9 Å². The first-order valence-corrected chi connectivity index (χ1v) is 23.1. The lowest BCUT2D eigenvalue weighted by Crippen LogP contribution is -2.03. The van der Waals surface area contributed by atoms with Crippen LogP contribution in [0.5, 0.6) is 0 Å². The second-order valence-corrected chi connectivity index (χ2v) is 17.3. The van der Waals surface area contributed by atoms with E-state index in [4.69, 9.17) is 14.4 Å². The summed E-state index contributed by atoms with van der Waals surface area (Å²) in [5.41, 5.74) is 19.4. The second-order valence-electron chi connectivity index (χ2n) is 17.3. The van der Waals surface area contributed by atoms with Crippen LogP contribution in [0.15, 0.2) is 253 Å². The van der Waals surface area contributed by atoms with E-state index in [2.05, 4.69) is 217 Å². The molecule has 10 aromatic carbocycles. The van der Waals surface area contributed by atoms with Crippen LogP contribution in [-0.4, -0.2) is 14.5 Å². The predicted molar refractivity (Wildman–Crippen MR) is 282 cm³/mol. The van der Waals surface area contributed by atoms with E-state index in [1.54, 1.807) is 0 Å². The average molecular weight is 868 g/mol. The van der Waals surface area contributed by atoms with E-state index in [9.17, 15) is 0 Å². The fraction of sp³-hybridized carbons (Fsp3) is 0. The highest BCUT2D eigenvalue weighted by Gasteiger charge is 2.27. The van der Waals surface area contributed by atoms with Gasteiger partial charge in [-0.1, -0.05) is 200 Å². The number of hydrogen-bond donors (Lipinski definition) is 0. The minimum Gasteiger partial charge on any atom is -0.452 e. The van der Waals surface area contributed by atoms with Crippen molar-refractivity contribution in [1.82, 2.24) is 14.5 Å². The van der Waals surface area contributed by atoms with E-state index in [1.165, 1.54) is 27.5 Å². The van der Waals surface area contributed by atoms with Crippen LogP contribution in [0.25, 0.3) is 128 Å². The van der Waals surface area contributed by atoms with Crippen LogP contribution in [0, 0.1) is 0 Å². The van der Waals surface area contributed by atoms with Crippen LogP contribution < -0.4 is 0 Å². The molecule has 0 bridgehead atoms. The Kier molecular flexibility index (Phi) is 9.47. The van der Waals surface area contributed by atoms with Gasteiger partial charge in [0, 0.05) is 44.0 Å². The number of para-hydroxylation sites is 1. The number of hydrogen-bond acceptors (Lipinski definition) is 3. The fourth-order valence-electron chi connectivity index (χ4n) is 10.0. The van der Waals surface area contributed by atoms with Crippen molar-refractivity contribution in [3.63, 3.8) is 0 Å². The summed E-state index contributed by atoms with van der Waals surface area (Å²) in [6.07, 6.45) is 0. The van der Waals surface area contributed by atoms with E-state index < -0.39 is 0 Å². The van der Waals surface area contributed by atoms with Gasteiger partial charge >= 0.3 is 0 Å². The van der Waals surface area contributed by atoms with E-state index >= 15 is 0 Å². The van der Waals surface area contributed by atoms with Crippen LogP contribution in [0.4, 0.5) is 0 Å². The number of benzene rings is 10. The third-order valence-electron chi connectivity index (χ3n) is 13.2. The minimum absolute atomic E-state index is 0.643. The first kappa shape index (κ1) is 39.3. The van der Waals surface area contributed by atoms with Crippen molar-refractivity contribution in [2.45, 2.75) is 0 Å². The first-order valence-electron chi connectivity index (χ1n) is 23.1. The van der Waals surface area contributed by atoms with Crippen molar-refractivity contribution in [1.29, 1.82) is 0 Å². The number of fused-ring (bicyclic) bond motifs is 6. The van der Waals surface area contributed by atoms with Crippen molar-refractivity contribution in [3.05, 3.63) is 249 Å². The van der Waals surface area contributed by atoms with Crippen molar-refractivity contribution in [2.24, 2.45) is 0 Å². The van der Waals surface area contributed by atoms with Gasteiger partial charge in [0.05, 0.1) is 16.7 Å². The van der Waals surface area contributed by atoms with Crippen LogP contribution in [0.2, 0.25) is 0 Å². The summed E-state index contributed by atoms with van der Waals surface area (Å²) >= 11 is 0. The molecule has 318 valence electrons. The molecule has 13 aromatic rings. The number of furan rings is 1. The van der Waals surface area contributed by atoms with E-state index in [0.717, 1.165) is 89.0 Å². The Bertz CT molecular complexity index is 3920. The normalized spacial score (nSPS) is 11.5. The van der Waals surface area contributed by atoms with Gasteiger partial charge in [-0.2, -0.15) is 0 Å². The molecule has 0 saturated heterocycles. The summed E-state index contributed by atoms with van der Waals surface area (Å²) in [7, 11) is 0. The molecule has 0 amide bonds. The summed E-state index contributed by atoms with van der Waals surface area (Å²) in [6, 6.07) is 88.6. The van der Waals surface area contributed by atoms with Gasteiger partial charge in [-0.05, 0) is 87.5 Å². The highest BCUT2D eigenvalue weighted by molar-refractivity contribution is 6.17. The van der Waals surface area contributed by atoms with Gasteiger partial charge < -0.3 is 8.98 Å². The van der Waals surface area contributed by atoms with Gasteiger partial charge in [-0.3, -0.25) is 0 Å². The fourth-order valence-corrected chi connectivity index (χ4v) is 10.0. The lowest BCUT2D eigenvalue weighted by atomic mass is 9.91. The Morgan fingerprint density at radius 1 is 0.324 bits per heavy atom. The minimum atomic E-state index is 0.643. The smallest absolute Gasteiger partial charge is 0.180 e. The molecule has 0 aliphatic heterocycles. The Labute approximate surface area is 393 Å². The van der Waals surface area contributed by atoms with Gasteiger partial charge in [0.15, 0.2) is 11.4 Å². The largest absolute Gasteiger partial charge is 0.452 e. The number of nitrogens with zero attached hydrogens (tertiary/aromatic N) is 3. The molecule has 0 N–H and O–H groups in total. The van der Waals surface area contributed by atoms with Gasteiger partial charge in [-0.15, -0.1) is 0 Å². The van der Waals surface area contributed by atoms with Gasteiger partial charge in [0.2, 0.25) is 0 Å². The zero-order chi connectivity index (χ0) is 45.0. The van der Waals surface area contributed by atoms with E-state index in [0.29, 0.717) is 11.4 Å². The molecule has 68 heavy (non-hydrogen) atoms. The highest BCUT2D eigenvalue weighted by atomic mass is 16.3. The standard InChI is InChI=1S/C64H41N3O/c1-7-21-42(22-8-1)48-35-36-57-55(37-48)56-39-49(43-23-9-2-10-24-43)38-52(44-25-11-3-12-26-44)62(56)67(57)61-53(45-27-13-4-14-28-45)40-50(41-54(61)46-29-15-5-16-30-46)59-63-60(51-33-19-20-34-58(51)68-63)66-64(65-59)47-31-17-6-18-32-47/h1-41H. The molecule has 0 radical (unpaired) electrons. The zero-order valence-electron chi connectivity index (χ0n) is 36.9. The molecular formula is C64H41N3O. The lowest BCUT2D eigenvalue weighted by Gasteiger charge is -2.22. The summed E-state index contributed by atoms with van der Waals surface area (Å²) in [5, 5.41) is 3.30. The second kappa shape index (κ2) is 16.4. The first-order chi connectivity index (χ1) is 33.7. The molecule has 4 heteroatoms. The van der Waals surface area contributed by atoms with Gasteiger partial charge in [0.1, 0.15) is 16.8 Å². The molecule has 0 spiro atoms. The Balaban J connectivity index is 1.20. The summed E-state index contributed by atoms with van der Waals surface area (Å²) in [5.74, 6) is 0.643. The molecule has 0 atom stereocenters. The van der Waals surface area contributed by atoms with Crippen molar-refractivity contribution < 1.29 is 4.42 Å². The Morgan fingerprint density at radius 3 is 1.38 bits per heavy atom. The van der Waals surface area contributed by atoms with Crippen molar-refractivity contribution in [3.8, 4) is 84.0 Å². The SMILES string of the molecule is c1ccc(-c2ccc3c(c2)c2cc(-c4ccccc4)cc(-c4ccccc4)c2n3-c2c(-c3ccccc3)cc(-c3nc(-c4ccccc4)nc4c3oc3ccccc34)cc2-c2ccccc2)cc1.